The first-order chi connectivity index (χ1) is 11.6. The number of H-pyrrole nitrogens is 1. The number of rotatable bonds is 7. The summed E-state index contributed by atoms with van der Waals surface area (Å²) in [6.07, 6.45) is 1.53. The number of para-hydroxylation sites is 1. The maximum atomic E-state index is 12.2. The number of hydrogen-bond donors (Lipinski definition) is 2. The van der Waals surface area contributed by atoms with E-state index in [1.165, 1.54) is 6.20 Å². The monoisotopic (exact) mass is 327 g/mol. The molecule has 2 N–H and O–H groups in total. The molecule has 0 aliphatic carbocycles. The number of nitrogens with one attached hydrogen (secondary N) is 2. The van der Waals surface area contributed by atoms with Gasteiger partial charge >= 0.3 is 0 Å². The van der Waals surface area contributed by atoms with Gasteiger partial charge in [0.25, 0.3) is 5.56 Å². The van der Waals surface area contributed by atoms with Gasteiger partial charge in [-0.25, -0.2) is 4.68 Å². The van der Waals surface area contributed by atoms with E-state index in [0.29, 0.717) is 42.7 Å². The number of aromatic amines is 1. The van der Waals surface area contributed by atoms with Gasteiger partial charge in [-0.2, -0.15) is 10.1 Å². The molecule has 0 atom stereocenters. The number of fused-ring (bicyclic) bond motifs is 1. The van der Waals surface area contributed by atoms with Gasteiger partial charge in [0.05, 0.1) is 18.5 Å². The van der Waals surface area contributed by atoms with Crippen molar-refractivity contribution in [2.45, 2.75) is 13.8 Å². The van der Waals surface area contributed by atoms with E-state index in [-0.39, 0.29) is 5.56 Å². The Morgan fingerprint density at radius 3 is 2.83 bits per heavy atom. The lowest BCUT2D eigenvalue weighted by molar-refractivity contribution is 0.118. The van der Waals surface area contributed by atoms with Crippen molar-refractivity contribution in [3.05, 3.63) is 46.9 Å². The average Bonchev–Trinajstić information content (AvgIpc) is 2.99. The molecule has 0 amide bonds. The second-order valence-corrected chi connectivity index (χ2v) is 5.94. The molecule has 3 aromatic rings. The number of ether oxygens (including phenoxy) is 1. The van der Waals surface area contributed by atoms with Crippen LogP contribution in [0.1, 0.15) is 13.8 Å². The molecule has 0 aliphatic rings. The first-order valence-electron chi connectivity index (χ1n) is 8.00. The first-order valence-corrected chi connectivity index (χ1v) is 8.00. The van der Waals surface area contributed by atoms with Gasteiger partial charge in [0.2, 0.25) is 5.95 Å². The highest BCUT2D eigenvalue weighted by Crippen LogP contribution is 2.14. The number of anilines is 1. The number of aromatic nitrogens is 4. The van der Waals surface area contributed by atoms with Crippen LogP contribution in [-0.4, -0.2) is 39.5 Å². The van der Waals surface area contributed by atoms with E-state index in [1.54, 1.807) is 4.68 Å². The fourth-order valence-electron chi connectivity index (χ4n) is 2.32. The Morgan fingerprint density at radius 1 is 1.29 bits per heavy atom. The summed E-state index contributed by atoms with van der Waals surface area (Å²) < 4.78 is 7.17. The molecule has 2 heterocycles. The average molecular weight is 327 g/mol. The highest BCUT2D eigenvalue weighted by molar-refractivity contribution is 5.76. The highest BCUT2D eigenvalue weighted by Gasteiger charge is 2.11. The largest absolute Gasteiger partial charge is 0.379 e. The highest BCUT2D eigenvalue weighted by atomic mass is 16.5. The molecule has 24 heavy (non-hydrogen) atoms. The molecule has 7 heteroatoms. The van der Waals surface area contributed by atoms with Crippen LogP contribution in [0.25, 0.3) is 16.7 Å². The molecule has 0 spiro atoms. The van der Waals surface area contributed by atoms with E-state index in [1.807, 2.05) is 30.3 Å². The summed E-state index contributed by atoms with van der Waals surface area (Å²) in [5.41, 5.74) is 1.17. The SMILES string of the molecule is CC(C)COCCNc1nc2c(cnn2-c2ccccc2)c(=O)[nH]1. The Labute approximate surface area is 139 Å². The molecule has 126 valence electrons. The summed E-state index contributed by atoms with van der Waals surface area (Å²) >= 11 is 0. The normalized spacial score (nSPS) is 11.3. The Hall–Kier alpha value is -2.67. The molecule has 1 aromatic carbocycles. The van der Waals surface area contributed by atoms with Crippen LogP contribution in [0.15, 0.2) is 41.3 Å². The van der Waals surface area contributed by atoms with Crippen LogP contribution in [0, 0.1) is 5.92 Å². The van der Waals surface area contributed by atoms with Crippen molar-refractivity contribution in [2.75, 3.05) is 25.1 Å². The van der Waals surface area contributed by atoms with E-state index < -0.39 is 0 Å². The fraction of sp³-hybridized carbons (Fsp3) is 0.353. The molecule has 0 saturated carbocycles. The molecule has 3 rings (SSSR count). The predicted octanol–water partition coefficient (Wildman–Crippen LogP) is 2.19. The van der Waals surface area contributed by atoms with Gasteiger partial charge in [0, 0.05) is 13.2 Å². The number of hydrogen-bond acceptors (Lipinski definition) is 5. The van der Waals surface area contributed by atoms with Crippen molar-refractivity contribution in [3.63, 3.8) is 0 Å². The van der Waals surface area contributed by atoms with Gasteiger partial charge in [-0.3, -0.25) is 9.78 Å². The molecule has 0 unspecified atom stereocenters. The van der Waals surface area contributed by atoms with Gasteiger partial charge in [0.1, 0.15) is 5.39 Å². The van der Waals surface area contributed by atoms with Crippen LogP contribution in [-0.2, 0) is 4.74 Å². The quantitative estimate of drug-likeness (QED) is 0.650. The first kappa shape index (κ1) is 16.2. The standard InChI is InChI=1S/C17H21N5O2/c1-12(2)11-24-9-8-18-17-20-15-14(16(23)21-17)10-19-22(15)13-6-4-3-5-7-13/h3-7,10,12H,8-9,11H2,1-2H3,(H2,18,20,21,23). The summed E-state index contributed by atoms with van der Waals surface area (Å²) in [7, 11) is 0. The zero-order valence-corrected chi connectivity index (χ0v) is 13.8. The number of benzene rings is 1. The van der Waals surface area contributed by atoms with E-state index in [0.717, 1.165) is 5.69 Å². The van der Waals surface area contributed by atoms with Gasteiger partial charge in [-0.15, -0.1) is 0 Å². The topological polar surface area (TPSA) is 84.8 Å². The predicted molar refractivity (Wildman–Crippen MR) is 93.6 cm³/mol. The zero-order chi connectivity index (χ0) is 16.9. The van der Waals surface area contributed by atoms with Gasteiger partial charge in [-0.05, 0) is 18.1 Å². The van der Waals surface area contributed by atoms with E-state index in [2.05, 4.69) is 34.2 Å². The van der Waals surface area contributed by atoms with Crippen molar-refractivity contribution in [2.24, 2.45) is 5.92 Å². The molecular weight excluding hydrogens is 306 g/mol. The van der Waals surface area contributed by atoms with Gasteiger partial charge in [0.15, 0.2) is 5.65 Å². The smallest absolute Gasteiger partial charge is 0.263 e. The van der Waals surface area contributed by atoms with E-state index >= 15 is 0 Å². The molecule has 0 bridgehead atoms. The molecule has 0 fully saturated rings. The van der Waals surface area contributed by atoms with Crippen LogP contribution in [0.5, 0.6) is 0 Å². The molecule has 0 saturated heterocycles. The fourth-order valence-corrected chi connectivity index (χ4v) is 2.32. The zero-order valence-electron chi connectivity index (χ0n) is 13.8. The number of nitrogens with zero attached hydrogens (tertiary/aromatic N) is 3. The van der Waals surface area contributed by atoms with Crippen molar-refractivity contribution in [1.82, 2.24) is 19.7 Å². The third kappa shape index (κ3) is 3.62. The van der Waals surface area contributed by atoms with Gasteiger partial charge in [-0.1, -0.05) is 32.0 Å². The summed E-state index contributed by atoms with van der Waals surface area (Å²) in [6, 6.07) is 9.60. The maximum absolute atomic E-state index is 12.2. The van der Waals surface area contributed by atoms with Crippen molar-refractivity contribution in [1.29, 1.82) is 0 Å². The Morgan fingerprint density at radius 2 is 2.08 bits per heavy atom. The van der Waals surface area contributed by atoms with Crippen molar-refractivity contribution < 1.29 is 4.74 Å². The minimum atomic E-state index is -0.215. The van der Waals surface area contributed by atoms with Crippen LogP contribution in [0.2, 0.25) is 0 Å². The minimum Gasteiger partial charge on any atom is -0.379 e. The third-order valence-corrected chi connectivity index (χ3v) is 3.43. The Bertz CT molecular complexity index is 854. The molecule has 2 aromatic heterocycles. The minimum absolute atomic E-state index is 0.215. The molecular formula is C17H21N5O2. The van der Waals surface area contributed by atoms with Gasteiger partial charge < -0.3 is 10.1 Å². The molecule has 0 aliphatic heterocycles. The maximum Gasteiger partial charge on any atom is 0.263 e. The van der Waals surface area contributed by atoms with E-state index in [9.17, 15) is 4.79 Å². The second-order valence-electron chi connectivity index (χ2n) is 5.94. The second kappa shape index (κ2) is 7.27. The summed E-state index contributed by atoms with van der Waals surface area (Å²) in [4.78, 5) is 19.4. The van der Waals surface area contributed by atoms with Crippen molar-refractivity contribution >= 4 is 17.0 Å². The van der Waals surface area contributed by atoms with Crippen LogP contribution < -0.4 is 10.9 Å². The van der Waals surface area contributed by atoms with Crippen LogP contribution in [0.4, 0.5) is 5.95 Å². The lowest BCUT2D eigenvalue weighted by atomic mass is 10.2. The summed E-state index contributed by atoms with van der Waals surface area (Å²) in [6.45, 7) is 6.04. The Balaban J connectivity index is 1.80. The van der Waals surface area contributed by atoms with Crippen LogP contribution >= 0.6 is 0 Å². The third-order valence-electron chi connectivity index (χ3n) is 3.43. The molecule has 7 nitrogen and oxygen atoms in total. The lowest BCUT2D eigenvalue weighted by Crippen LogP contribution is -2.17. The summed E-state index contributed by atoms with van der Waals surface area (Å²) in [5, 5.41) is 7.82. The van der Waals surface area contributed by atoms with E-state index in [4.69, 9.17) is 4.74 Å². The Kier molecular flexibility index (Phi) is 4.90. The van der Waals surface area contributed by atoms with Crippen LogP contribution in [0.3, 0.4) is 0 Å². The van der Waals surface area contributed by atoms with Crippen molar-refractivity contribution in [3.8, 4) is 5.69 Å². The lowest BCUT2D eigenvalue weighted by Gasteiger charge is -2.08. The summed E-state index contributed by atoms with van der Waals surface area (Å²) in [5.74, 6) is 0.915. The molecule has 0 radical (unpaired) electrons.